The van der Waals surface area contributed by atoms with Crippen LogP contribution in [0, 0.1) is 5.92 Å². The molecular formula is C15H20N2O3. The van der Waals surface area contributed by atoms with Crippen molar-refractivity contribution >= 4 is 17.3 Å². The van der Waals surface area contributed by atoms with Crippen molar-refractivity contribution < 1.29 is 15.0 Å². The highest BCUT2D eigenvalue weighted by Crippen LogP contribution is 2.38. The molecule has 5 nitrogen and oxygen atoms in total. The zero-order valence-electron chi connectivity index (χ0n) is 11.8. The van der Waals surface area contributed by atoms with E-state index in [9.17, 15) is 15.0 Å². The molecule has 108 valence electrons. The summed E-state index contributed by atoms with van der Waals surface area (Å²) >= 11 is 0. The fraction of sp³-hybridized carbons (Fsp3) is 0.533. The molecule has 0 aliphatic carbocycles. The first-order valence-corrected chi connectivity index (χ1v) is 7.01. The number of hydrogen-bond acceptors (Lipinski definition) is 4. The van der Waals surface area contributed by atoms with Crippen LogP contribution in [0.3, 0.4) is 0 Å². The Hall–Kier alpha value is -1.59. The predicted molar refractivity (Wildman–Crippen MR) is 76.8 cm³/mol. The van der Waals surface area contributed by atoms with E-state index in [1.807, 2.05) is 12.1 Å². The summed E-state index contributed by atoms with van der Waals surface area (Å²) in [4.78, 5) is 15.4. The van der Waals surface area contributed by atoms with E-state index >= 15 is 0 Å². The van der Waals surface area contributed by atoms with E-state index in [0.717, 1.165) is 24.3 Å². The number of aliphatic hydroxyl groups excluding tert-OH is 2. The molecule has 1 saturated heterocycles. The average Bonchev–Trinajstić information content (AvgIpc) is 2.66. The topological polar surface area (TPSA) is 64.0 Å². The number of carbonyl (C=O) groups is 1. The van der Waals surface area contributed by atoms with Gasteiger partial charge in [0.25, 0.3) is 5.91 Å². The molecule has 1 amide bonds. The van der Waals surface area contributed by atoms with Crippen molar-refractivity contribution in [3.8, 4) is 0 Å². The van der Waals surface area contributed by atoms with E-state index < -0.39 is 6.10 Å². The third-order valence-corrected chi connectivity index (χ3v) is 4.52. The van der Waals surface area contributed by atoms with Crippen LogP contribution in [0.5, 0.6) is 0 Å². The normalized spacial score (nSPS) is 29.8. The third kappa shape index (κ3) is 1.98. The summed E-state index contributed by atoms with van der Waals surface area (Å²) in [6.45, 7) is 3.57. The van der Waals surface area contributed by atoms with Crippen LogP contribution in [0.1, 0.15) is 25.0 Å². The molecule has 2 aliphatic heterocycles. The lowest BCUT2D eigenvalue weighted by molar-refractivity contribution is -0.125. The Morgan fingerprint density at radius 3 is 2.75 bits per heavy atom. The minimum Gasteiger partial charge on any atom is -0.391 e. The van der Waals surface area contributed by atoms with Crippen LogP contribution in [0.15, 0.2) is 18.2 Å². The second-order valence-electron chi connectivity index (χ2n) is 5.82. The van der Waals surface area contributed by atoms with Crippen molar-refractivity contribution in [1.82, 2.24) is 0 Å². The Balaban J connectivity index is 1.89. The lowest BCUT2D eigenvalue weighted by Crippen LogP contribution is -2.42. The SMILES string of the molecule is CC1CCN(c2ccc3c(c2)N(C)C(=O)C3O)CC1O. The summed E-state index contributed by atoms with van der Waals surface area (Å²) in [5.74, 6) is 0.0381. The number of fused-ring (bicyclic) bond motifs is 1. The van der Waals surface area contributed by atoms with Crippen LogP contribution in [0.25, 0.3) is 0 Å². The zero-order valence-corrected chi connectivity index (χ0v) is 11.8. The van der Waals surface area contributed by atoms with Gasteiger partial charge in [-0.3, -0.25) is 4.79 Å². The van der Waals surface area contributed by atoms with Gasteiger partial charge >= 0.3 is 0 Å². The predicted octanol–water partition coefficient (Wildman–Crippen LogP) is 0.903. The molecule has 0 bridgehead atoms. The molecular weight excluding hydrogens is 256 g/mol. The van der Waals surface area contributed by atoms with Gasteiger partial charge in [0, 0.05) is 31.4 Å². The minimum atomic E-state index is -1.05. The number of carbonyl (C=O) groups excluding carboxylic acids is 1. The number of piperidine rings is 1. The average molecular weight is 276 g/mol. The van der Waals surface area contributed by atoms with Gasteiger partial charge < -0.3 is 20.0 Å². The molecule has 0 spiro atoms. The third-order valence-electron chi connectivity index (χ3n) is 4.52. The van der Waals surface area contributed by atoms with E-state index in [4.69, 9.17) is 0 Å². The molecule has 20 heavy (non-hydrogen) atoms. The van der Waals surface area contributed by atoms with E-state index in [0.29, 0.717) is 18.0 Å². The largest absolute Gasteiger partial charge is 0.391 e. The van der Waals surface area contributed by atoms with Crippen LogP contribution < -0.4 is 9.80 Å². The van der Waals surface area contributed by atoms with Crippen molar-refractivity contribution in [3.05, 3.63) is 23.8 Å². The van der Waals surface area contributed by atoms with Crippen LogP contribution in [-0.4, -0.2) is 42.4 Å². The zero-order chi connectivity index (χ0) is 14.4. The number of anilines is 2. The number of likely N-dealkylation sites (N-methyl/N-ethyl adjacent to an activating group) is 1. The smallest absolute Gasteiger partial charge is 0.260 e. The Morgan fingerprint density at radius 1 is 1.30 bits per heavy atom. The van der Waals surface area contributed by atoms with Crippen LogP contribution in [-0.2, 0) is 4.79 Å². The summed E-state index contributed by atoms with van der Waals surface area (Å²) in [5.41, 5.74) is 2.41. The van der Waals surface area contributed by atoms with Gasteiger partial charge in [-0.2, -0.15) is 0 Å². The van der Waals surface area contributed by atoms with Gasteiger partial charge in [-0.15, -0.1) is 0 Å². The van der Waals surface area contributed by atoms with Gasteiger partial charge in [-0.05, 0) is 24.5 Å². The van der Waals surface area contributed by atoms with Gasteiger partial charge in [0.1, 0.15) is 0 Å². The first kappa shape index (κ1) is 13.4. The highest BCUT2D eigenvalue weighted by atomic mass is 16.3. The molecule has 1 aromatic carbocycles. The molecule has 3 rings (SSSR count). The summed E-state index contributed by atoms with van der Waals surface area (Å²) in [6.07, 6.45) is -0.409. The fourth-order valence-electron chi connectivity index (χ4n) is 2.97. The fourth-order valence-corrected chi connectivity index (χ4v) is 2.97. The molecule has 5 heteroatoms. The van der Waals surface area contributed by atoms with Crippen LogP contribution >= 0.6 is 0 Å². The second kappa shape index (κ2) is 4.75. The van der Waals surface area contributed by atoms with E-state index in [1.54, 1.807) is 13.1 Å². The molecule has 1 aromatic rings. The minimum absolute atomic E-state index is 0.288. The van der Waals surface area contributed by atoms with Crippen molar-refractivity contribution in [2.75, 3.05) is 29.9 Å². The number of benzene rings is 1. The maximum absolute atomic E-state index is 11.8. The van der Waals surface area contributed by atoms with Crippen molar-refractivity contribution in [2.24, 2.45) is 5.92 Å². The Morgan fingerprint density at radius 2 is 2.05 bits per heavy atom. The Kier molecular flexibility index (Phi) is 3.18. The van der Waals surface area contributed by atoms with E-state index in [-0.39, 0.29) is 12.0 Å². The highest BCUT2D eigenvalue weighted by molar-refractivity contribution is 6.03. The molecule has 2 aliphatic rings. The van der Waals surface area contributed by atoms with E-state index in [1.165, 1.54) is 4.90 Å². The summed E-state index contributed by atoms with van der Waals surface area (Å²) < 4.78 is 0. The Labute approximate surface area is 118 Å². The first-order valence-electron chi connectivity index (χ1n) is 7.01. The highest BCUT2D eigenvalue weighted by Gasteiger charge is 2.34. The summed E-state index contributed by atoms with van der Waals surface area (Å²) in [6, 6.07) is 5.64. The molecule has 2 N–H and O–H groups in total. The van der Waals surface area contributed by atoms with Gasteiger partial charge in [0.2, 0.25) is 0 Å². The molecule has 1 fully saturated rings. The first-order chi connectivity index (χ1) is 9.49. The van der Waals surface area contributed by atoms with Crippen LogP contribution in [0.2, 0.25) is 0 Å². The van der Waals surface area contributed by atoms with Crippen LogP contribution in [0.4, 0.5) is 11.4 Å². The van der Waals surface area contributed by atoms with Gasteiger partial charge in [-0.1, -0.05) is 13.0 Å². The lowest BCUT2D eigenvalue weighted by atomic mass is 9.95. The molecule has 0 aromatic heterocycles. The lowest BCUT2D eigenvalue weighted by Gasteiger charge is -2.36. The second-order valence-corrected chi connectivity index (χ2v) is 5.82. The maximum atomic E-state index is 11.8. The summed E-state index contributed by atoms with van der Waals surface area (Å²) in [5, 5.41) is 19.8. The van der Waals surface area contributed by atoms with Crippen molar-refractivity contribution in [3.63, 3.8) is 0 Å². The van der Waals surface area contributed by atoms with Crippen molar-refractivity contribution in [2.45, 2.75) is 25.6 Å². The van der Waals surface area contributed by atoms with Gasteiger partial charge in [0.15, 0.2) is 6.10 Å². The van der Waals surface area contributed by atoms with Gasteiger partial charge in [0.05, 0.1) is 11.8 Å². The summed E-state index contributed by atoms with van der Waals surface area (Å²) in [7, 11) is 1.67. The molecule has 0 saturated carbocycles. The quantitative estimate of drug-likeness (QED) is 0.800. The molecule has 3 unspecified atom stereocenters. The molecule has 3 atom stereocenters. The number of hydrogen-bond donors (Lipinski definition) is 2. The number of nitrogens with zero attached hydrogens (tertiary/aromatic N) is 2. The van der Waals surface area contributed by atoms with E-state index in [2.05, 4.69) is 11.8 Å². The van der Waals surface area contributed by atoms with Gasteiger partial charge in [-0.25, -0.2) is 0 Å². The monoisotopic (exact) mass is 276 g/mol. The maximum Gasteiger partial charge on any atom is 0.260 e. The number of amides is 1. The van der Waals surface area contributed by atoms with Crippen molar-refractivity contribution in [1.29, 1.82) is 0 Å². The standard InChI is InChI=1S/C15H20N2O3/c1-9-5-6-17(8-13(9)18)10-3-4-11-12(7-10)16(2)15(20)14(11)19/h3-4,7,9,13-14,18-19H,5-6,8H2,1-2H3. The molecule has 0 radical (unpaired) electrons. The molecule has 2 heterocycles. The number of rotatable bonds is 1. The number of aliphatic hydroxyl groups is 2. The Bertz CT molecular complexity index is 546. The number of β-amino-alcohol motifs (C(OH)–C–C–N with tert-alkyl or cyclic N) is 1.